The highest BCUT2D eigenvalue weighted by molar-refractivity contribution is 9.10. The van der Waals surface area contributed by atoms with Crippen LogP contribution < -0.4 is 4.74 Å². The first-order valence-corrected chi connectivity index (χ1v) is 7.93. The average molecular weight is 382 g/mol. The first-order chi connectivity index (χ1) is 10.1. The highest BCUT2D eigenvalue weighted by atomic mass is 79.9. The molecule has 0 saturated heterocycles. The van der Waals surface area contributed by atoms with Crippen molar-refractivity contribution in [1.82, 2.24) is 0 Å². The number of halogens is 3. The summed E-state index contributed by atoms with van der Waals surface area (Å²) in [7, 11) is 0. The van der Waals surface area contributed by atoms with Gasteiger partial charge in [-0.15, -0.1) is 0 Å². The molecular weight excluding hydrogens is 371 g/mol. The number of benzene rings is 3. The Hall–Kier alpha value is -1.22. The molecule has 0 spiro atoms. The van der Waals surface area contributed by atoms with Gasteiger partial charge < -0.3 is 4.74 Å². The molecule has 0 atom stereocenters. The van der Waals surface area contributed by atoms with E-state index in [1.54, 1.807) is 6.07 Å². The van der Waals surface area contributed by atoms with Gasteiger partial charge in [-0.25, -0.2) is 0 Å². The quantitative estimate of drug-likeness (QED) is 0.503. The Bertz CT molecular complexity index is 802. The lowest BCUT2D eigenvalue weighted by atomic mass is 10.1. The first-order valence-electron chi connectivity index (χ1n) is 6.38. The Morgan fingerprint density at radius 2 is 1.62 bits per heavy atom. The van der Waals surface area contributed by atoms with Crippen molar-refractivity contribution >= 4 is 49.9 Å². The minimum atomic E-state index is 0.415. The van der Waals surface area contributed by atoms with Crippen molar-refractivity contribution in [1.29, 1.82) is 0 Å². The van der Waals surface area contributed by atoms with Crippen molar-refractivity contribution in [3.05, 3.63) is 74.7 Å². The Balaban J connectivity index is 1.80. The zero-order chi connectivity index (χ0) is 14.8. The lowest BCUT2D eigenvalue weighted by Gasteiger charge is -2.09. The van der Waals surface area contributed by atoms with Crippen LogP contribution in [0.1, 0.15) is 5.56 Å². The molecule has 3 aromatic rings. The van der Waals surface area contributed by atoms with Crippen LogP contribution in [0.5, 0.6) is 5.75 Å². The Morgan fingerprint density at radius 3 is 2.43 bits per heavy atom. The van der Waals surface area contributed by atoms with Crippen LogP contribution in [0.15, 0.2) is 59.1 Å². The first kappa shape index (κ1) is 14.7. The molecular formula is C17H11BrCl2O. The minimum Gasteiger partial charge on any atom is -0.489 e. The molecule has 0 aliphatic heterocycles. The number of hydrogen-bond donors (Lipinski definition) is 0. The van der Waals surface area contributed by atoms with Crippen LogP contribution in [0, 0.1) is 0 Å². The van der Waals surface area contributed by atoms with Crippen molar-refractivity contribution in [2.75, 3.05) is 0 Å². The van der Waals surface area contributed by atoms with E-state index in [4.69, 9.17) is 27.9 Å². The Morgan fingerprint density at radius 1 is 0.857 bits per heavy atom. The van der Waals surface area contributed by atoms with Gasteiger partial charge in [0.25, 0.3) is 0 Å². The predicted octanol–water partition coefficient (Wildman–Crippen LogP) is 6.49. The molecule has 0 N–H and O–H groups in total. The average Bonchev–Trinajstić information content (AvgIpc) is 2.46. The van der Waals surface area contributed by atoms with Crippen molar-refractivity contribution in [3.8, 4) is 5.75 Å². The van der Waals surface area contributed by atoms with Crippen molar-refractivity contribution < 1.29 is 4.74 Å². The number of ether oxygens (including phenoxy) is 1. The Labute approximate surface area is 141 Å². The van der Waals surface area contributed by atoms with Gasteiger partial charge in [0.05, 0.1) is 0 Å². The van der Waals surface area contributed by atoms with E-state index < -0.39 is 0 Å². The fraction of sp³-hybridized carbons (Fsp3) is 0.0588. The minimum absolute atomic E-state index is 0.415. The molecule has 0 saturated carbocycles. The van der Waals surface area contributed by atoms with Crippen LogP contribution in [0.3, 0.4) is 0 Å². The molecule has 3 rings (SSSR count). The van der Waals surface area contributed by atoms with Gasteiger partial charge in [-0.3, -0.25) is 0 Å². The van der Waals surface area contributed by atoms with Crippen LogP contribution >= 0.6 is 39.1 Å². The summed E-state index contributed by atoms with van der Waals surface area (Å²) >= 11 is 15.5. The normalized spacial score (nSPS) is 10.8. The van der Waals surface area contributed by atoms with Gasteiger partial charge in [-0.05, 0) is 47.2 Å². The molecule has 0 aromatic heterocycles. The van der Waals surface area contributed by atoms with E-state index in [2.05, 4.69) is 28.1 Å². The third-order valence-electron chi connectivity index (χ3n) is 3.18. The second-order valence-electron chi connectivity index (χ2n) is 4.68. The van der Waals surface area contributed by atoms with Crippen molar-refractivity contribution in [2.45, 2.75) is 6.61 Å². The molecule has 21 heavy (non-hydrogen) atoms. The maximum absolute atomic E-state index is 6.14. The van der Waals surface area contributed by atoms with Gasteiger partial charge in [0.2, 0.25) is 0 Å². The largest absolute Gasteiger partial charge is 0.489 e. The number of hydrogen-bond acceptors (Lipinski definition) is 1. The summed E-state index contributed by atoms with van der Waals surface area (Å²) in [4.78, 5) is 0. The molecule has 0 unspecified atom stereocenters. The smallest absolute Gasteiger partial charge is 0.120 e. The number of fused-ring (bicyclic) bond motifs is 1. The van der Waals surface area contributed by atoms with Crippen LogP contribution in [-0.2, 0) is 6.61 Å². The van der Waals surface area contributed by atoms with Crippen LogP contribution in [0.2, 0.25) is 10.0 Å². The fourth-order valence-electron chi connectivity index (χ4n) is 2.08. The molecule has 0 aliphatic rings. The molecule has 106 valence electrons. The van der Waals surface area contributed by atoms with Gasteiger partial charge in [0.15, 0.2) is 0 Å². The van der Waals surface area contributed by atoms with Crippen LogP contribution in [0.4, 0.5) is 0 Å². The summed E-state index contributed by atoms with van der Waals surface area (Å²) < 4.78 is 6.88. The van der Waals surface area contributed by atoms with Crippen molar-refractivity contribution in [2.24, 2.45) is 0 Å². The van der Waals surface area contributed by atoms with Crippen molar-refractivity contribution in [3.63, 3.8) is 0 Å². The maximum Gasteiger partial charge on any atom is 0.120 e. The van der Waals surface area contributed by atoms with E-state index >= 15 is 0 Å². The lowest BCUT2D eigenvalue weighted by Crippen LogP contribution is -1.96. The summed E-state index contributed by atoms with van der Waals surface area (Å²) in [6, 6.07) is 17.6. The molecule has 1 nitrogen and oxygen atoms in total. The van der Waals surface area contributed by atoms with Gasteiger partial charge in [-0.1, -0.05) is 57.3 Å². The van der Waals surface area contributed by atoms with Gasteiger partial charge in [0, 0.05) is 20.1 Å². The molecule has 4 heteroatoms. The van der Waals surface area contributed by atoms with Gasteiger partial charge >= 0.3 is 0 Å². The fourth-order valence-corrected chi connectivity index (χ4v) is 2.93. The standard InChI is InChI=1S/C17H11BrCl2O/c18-14-4-1-12-8-16(6-3-11(12)7-14)21-10-13-2-5-15(19)9-17(13)20/h1-9H,10H2. The highest BCUT2D eigenvalue weighted by Gasteiger charge is 2.03. The zero-order valence-corrected chi connectivity index (χ0v) is 14.0. The topological polar surface area (TPSA) is 9.23 Å². The Kier molecular flexibility index (Phi) is 4.39. The maximum atomic E-state index is 6.14. The third-order valence-corrected chi connectivity index (χ3v) is 4.26. The SMILES string of the molecule is Clc1ccc(COc2ccc3cc(Br)ccc3c2)c(Cl)c1. The molecule has 0 amide bonds. The molecule has 0 fully saturated rings. The van der Waals surface area contributed by atoms with E-state index in [1.807, 2.05) is 36.4 Å². The van der Waals surface area contributed by atoms with E-state index in [-0.39, 0.29) is 0 Å². The highest BCUT2D eigenvalue weighted by Crippen LogP contribution is 2.26. The summed E-state index contributed by atoms with van der Waals surface area (Å²) in [5, 5.41) is 3.55. The van der Waals surface area contributed by atoms with Crippen LogP contribution in [0.25, 0.3) is 10.8 Å². The second-order valence-corrected chi connectivity index (χ2v) is 6.44. The van der Waals surface area contributed by atoms with Gasteiger partial charge in [-0.2, -0.15) is 0 Å². The lowest BCUT2D eigenvalue weighted by molar-refractivity contribution is 0.307. The molecule has 0 aliphatic carbocycles. The monoisotopic (exact) mass is 380 g/mol. The molecule has 0 heterocycles. The molecule has 0 bridgehead atoms. The summed E-state index contributed by atoms with van der Waals surface area (Å²) in [5.74, 6) is 0.816. The zero-order valence-electron chi connectivity index (χ0n) is 10.9. The predicted molar refractivity (Wildman–Crippen MR) is 92.4 cm³/mol. The third kappa shape index (κ3) is 3.52. The van der Waals surface area contributed by atoms with E-state index in [0.717, 1.165) is 21.2 Å². The summed E-state index contributed by atoms with van der Waals surface area (Å²) in [5.41, 5.74) is 0.914. The van der Waals surface area contributed by atoms with Crippen LogP contribution in [-0.4, -0.2) is 0 Å². The number of rotatable bonds is 3. The van der Waals surface area contributed by atoms with E-state index in [0.29, 0.717) is 16.7 Å². The molecule has 0 radical (unpaired) electrons. The summed E-state index contributed by atoms with van der Waals surface area (Å²) in [6.45, 7) is 0.415. The molecule has 3 aromatic carbocycles. The van der Waals surface area contributed by atoms with E-state index in [1.165, 1.54) is 5.39 Å². The van der Waals surface area contributed by atoms with Gasteiger partial charge in [0.1, 0.15) is 12.4 Å². The van der Waals surface area contributed by atoms with E-state index in [9.17, 15) is 0 Å². The second kappa shape index (κ2) is 6.27. The summed E-state index contributed by atoms with van der Waals surface area (Å²) in [6.07, 6.45) is 0.